The van der Waals surface area contributed by atoms with E-state index in [1.807, 2.05) is 70.5 Å². The number of carbonyl (C=O) groups excluding carboxylic acids is 2. The van der Waals surface area contributed by atoms with E-state index >= 15 is 0 Å². The molecule has 1 saturated heterocycles. The number of guanidine groups is 1. The standard InChI is InChI=1S/C46H64N8O7SSi2/c1-13-45(50-40(47-26-31-22-17-18-23-34(31)54(57)58)49-42(56)59-28-30-20-15-14-16-21-30)36-32(27-53-38(55)35-24-19-25-52(35)39-46(36,53)51-41(48-39)62-8)33(29-60-63(9,10)43(2,3)4)37(45)61-64(11,12)44(5,6)7/h13-25,32-33,36-37,39H,1,26-29H2,2-12H3,(H,48,51)(H2,47,49,50,56)/t32-,33-,36+,37+,39+,45+,46+/m1/s1. The smallest absolute Gasteiger partial charge is 0.414 e. The highest BCUT2D eigenvalue weighted by molar-refractivity contribution is 8.13. The molecular weight excluding hydrogens is 865 g/mol. The van der Waals surface area contributed by atoms with Crippen LogP contribution < -0.4 is 16.0 Å². The van der Waals surface area contributed by atoms with Gasteiger partial charge in [-0.05, 0) is 66.1 Å². The van der Waals surface area contributed by atoms with Gasteiger partial charge in [0, 0.05) is 37.3 Å². The number of nitrogens with one attached hydrogen (secondary N) is 3. The van der Waals surface area contributed by atoms with Gasteiger partial charge >= 0.3 is 6.09 Å². The maximum atomic E-state index is 14.9. The summed E-state index contributed by atoms with van der Waals surface area (Å²) in [5.74, 6) is -1.18. The Balaban J connectivity index is 1.43. The second-order valence-electron chi connectivity index (χ2n) is 20.4. The molecule has 1 aliphatic carbocycles. The summed E-state index contributed by atoms with van der Waals surface area (Å²) >= 11 is 1.47. The number of alkyl carbamates (subject to hydrolysis) is 1. The van der Waals surface area contributed by atoms with Gasteiger partial charge in [-0.1, -0.05) is 108 Å². The van der Waals surface area contributed by atoms with Crippen molar-refractivity contribution < 1.29 is 28.1 Å². The predicted molar refractivity (Wildman–Crippen MR) is 257 cm³/mol. The van der Waals surface area contributed by atoms with Crippen molar-refractivity contribution in [1.82, 2.24) is 25.4 Å². The molecule has 3 aromatic rings. The highest BCUT2D eigenvalue weighted by Gasteiger charge is 2.77. The lowest BCUT2D eigenvalue weighted by molar-refractivity contribution is -0.385. The average molecular weight is 929 g/mol. The Morgan fingerprint density at radius 1 is 1.05 bits per heavy atom. The molecule has 0 bridgehead atoms. The van der Waals surface area contributed by atoms with Gasteiger partial charge < -0.3 is 33.7 Å². The van der Waals surface area contributed by atoms with E-state index in [0.717, 1.165) is 5.56 Å². The molecule has 1 saturated carbocycles. The number of hydrogen-bond acceptors (Lipinski definition) is 11. The van der Waals surface area contributed by atoms with E-state index < -0.39 is 57.0 Å². The average Bonchev–Trinajstić information content (AvgIpc) is 4.00. The van der Waals surface area contributed by atoms with Gasteiger partial charge in [-0.25, -0.2) is 14.8 Å². The Hall–Kier alpha value is -4.76. The molecule has 64 heavy (non-hydrogen) atoms. The number of aliphatic imine (C=N–C) groups is 2. The topological polar surface area (TPSA) is 174 Å². The first-order valence-corrected chi connectivity index (χ1v) is 28.9. The molecular formula is C46H64N8O7SSi2. The minimum absolute atomic E-state index is 0.00357. The number of amidine groups is 1. The Labute approximate surface area is 383 Å². The predicted octanol–water partition coefficient (Wildman–Crippen LogP) is 8.65. The number of aromatic nitrogens is 1. The molecule has 7 atom stereocenters. The second kappa shape index (κ2) is 17.2. The van der Waals surface area contributed by atoms with Crippen LogP contribution in [0.15, 0.2) is 95.6 Å². The lowest BCUT2D eigenvalue weighted by atomic mass is 9.74. The van der Waals surface area contributed by atoms with Gasteiger partial charge in [0.05, 0.1) is 28.7 Å². The van der Waals surface area contributed by atoms with Crippen LogP contribution in [0.1, 0.15) is 69.3 Å². The van der Waals surface area contributed by atoms with Crippen LogP contribution in [0, 0.1) is 27.9 Å². The van der Waals surface area contributed by atoms with Crippen LogP contribution in [0.25, 0.3) is 0 Å². The van der Waals surface area contributed by atoms with Crippen molar-refractivity contribution in [2.45, 2.75) is 114 Å². The first-order valence-electron chi connectivity index (χ1n) is 21.9. The summed E-state index contributed by atoms with van der Waals surface area (Å²) in [5, 5.41) is 23.0. The maximum absolute atomic E-state index is 14.9. The fourth-order valence-electron chi connectivity index (χ4n) is 9.31. The number of thioether (sulfide) groups is 1. The number of para-hydroxylation sites is 1. The summed E-state index contributed by atoms with van der Waals surface area (Å²) in [6.07, 6.45) is 3.73. The van der Waals surface area contributed by atoms with E-state index in [2.05, 4.69) is 90.3 Å². The third-order valence-corrected chi connectivity index (χ3v) is 24.2. The first-order chi connectivity index (χ1) is 30.0. The number of rotatable bonds is 12. The fourth-order valence-corrected chi connectivity index (χ4v) is 12.2. The van der Waals surface area contributed by atoms with Crippen LogP contribution in [-0.4, -0.2) is 90.9 Å². The Morgan fingerprint density at radius 3 is 2.36 bits per heavy atom. The summed E-state index contributed by atoms with van der Waals surface area (Å²) in [6, 6.07) is 19.4. The van der Waals surface area contributed by atoms with E-state index in [1.54, 1.807) is 18.2 Å². The molecule has 7 rings (SSSR count). The first kappa shape index (κ1) is 47.2. The number of fused-ring (bicyclic) bond motifs is 3. The summed E-state index contributed by atoms with van der Waals surface area (Å²) in [5.41, 5.74) is -0.848. The van der Waals surface area contributed by atoms with Crippen molar-refractivity contribution in [1.29, 1.82) is 0 Å². The molecule has 2 fully saturated rings. The van der Waals surface area contributed by atoms with E-state index in [9.17, 15) is 19.7 Å². The number of nitro benzene ring substituents is 1. The van der Waals surface area contributed by atoms with Gasteiger partial charge in [-0.3, -0.25) is 20.2 Å². The lowest BCUT2D eigenvalue weighted by Crippen LogP contribution is -2.73. The minimum Gasteiger partial charge on any atom is -0.444 e. The monoisotopic (exact) mass is 928 g/mol. The van der Waals surface area contributed by atoms with Crippen molar-refractivity contribution in [2.24, 2.45) is 27.7 Å². The number of hydrogen-bond donors (Lipinski definition) is 3. The van der Waals surface area contributed by atoms with E-state index in [-0.39, 0.29) is 52.6 Å². The molecule has 2 aromatic carbocycles. The molecule has 1 aromatic heterocycles. The Kier molecular flexibility index (Phi) is 12.7. The van der Waals surface area contributed by atoms with Crippen LogP contribution in [0.4, 0.5) is 10.5 Å². The van der Waals surface area contributed by atoms with Crippen LogP contribution in [0.2, 0.25) is 36.3 Å². The van der Waals surface area contributed by atoms with Gasteiger partial charge in [0.2, 0.25) is 5.96 Å². The number of benzene rings is 2. The fraction of sp³-hybridized carbons (Fsp3) is 0.522. The van der Waals surface area contributed by atoms with Gasteiger partial charge in [0.1, 0.15) is 12.3 Å². The Bertz CT molecular complexity index is 2340. The molecule has 15 nitrogen and oxygen atoms in total. The van der Waals surface area contributed by atoms with Crippen LogP contribution in [0.5, 0.6) is 0 Å². The number of carbonyl (C=O) groups is 2. The summed E-state index contributed by atoms with van der Waals surface area (Å²) < 4.78 is 22.6. The number of nitro groups is 1. The van der Waals surface area contributed by atoms with Crippen LogP contribution in [-0.2, 0) is 26.7 Å². The molecule has 3 aliphatic heterocycles. The normalized spacial score (nSPS) is 26.6. The largest absolute Gasteiger partial charge is 0.444 e. The molecule has 4 aliphatic rings. The molecule has 1 spiro atoms. The van der Waals surface area contributed by atoms with Gasteiger partial charge in [0.15, 0.2) is 33.6 Å². The van der Waals surface area contributed by atoms with Crippen molar-refractivity contribution in [3.8, 4) is 0 Å². The number of ether oxygens (including phenoxy) is 1. The van der Waals surface area contributed by atoms with Crippen LogP contribution >= 0.6 is 11.8 Å². The minimum atomic E-state index is -2.66. The second-order valence-corrected chi connectivity index (χ2v) is 30.7. The highest BCUT2D eigenvalue weighted by atomic mass is 32.2. The van der Waals surface area contributed by atoms with E-state index in [1.165, 1.54) is 17.8 Å². The van der Waals surface area contributed by atoms with Gasteiger partial charge in [-0.2, -0.15) is 0 Å². The summed E-state index contributed by atoms with van der Waals surface area (Å²) in [7, 11) is -5.02. The molecule has 344 valence electrons. The van der Waals surface area contributed by atoms with E-state index in [0.29, 0.717) is 29.6 Å². The maximum Gasteiger partial charge on any atom is 0.414 e. The molecule has 0 radical (unpaired) electrons. The zero-order chi connectivity index (χ0) is 46.6. The van der Waals surface area contributed by atoms with E-state index in [4.69, 9.17) is 23.6 Å². The SMILES string of the molecule is C=C[C@@]1(NC(=NCc2ccccc2[N+](=O)[O-])NC(=O)OCc2ccccc2)[C@@H](O[Si](C)(C)C(C)(C)C)[C@H](CO[Si](C)(C)C(C)(C)C)[C@H]2CN3C(=O)c4cccn4[C@@H]4N=C(SC)N[C@]43[C@@H]21. The third-order valence-electron chi connectivity index (χ3n) is 14.7. The zero-order valence-electron chi connectivity index (χ0n) is 38.9. The molecule has 2 amide bonds. The van der Waals surface area contributed by atoms with Crippen LogP contribution in [0.3, 0.4) is 0 Å². The summed E-state index contributed by atoms with van der Waals surface area (Å²) in [6.45, 7) is 27.3. The molecule has 0 unspecified atom stereocenters. The zero-order valence-corrected chi connectivity index (χ0v) is 41.7. The molecule has 18 heteroatoms. The molecule has 4 heterocycles. The molecule has 3 N–H and O–H groups in total. The highest BCUT2D eigenvalue weighted by Crippen LogP contribution is 2.63. The van der Waals surface area contributed by atoms with Crippen molar-refractivity contribution in [3.63, 3.8) is 0 Å². The Morgan fingerprint density at radius 2 is 1.72 bits per heavy atom. The van der Waals surface area contributed by atoms with Gasteiger partial charge in [-0.15, -0.1) is 6.58 Å². The summed E-state index contributed by atoms with van der Waals surface area (Å²) in [4.78, 5) is 52.7. The third kappa shape index (κ3) is 8.24. The van der Waals surface area contributed by atoms with Crippen molar-refractivity contribution in [3.05, 3.63) is 113 Å². The lowest BCUT2D eigenvalue weighted by Gasteiger charge is -2.53. The van der Waals surface area contributed by atoms with Crippen molar-refractivity contribution in [2.75, 3.05) is 19.4 Å². The van der Waals surface area contributed by atoms with Crippen molar-refractivity contribution >= 4 is 57.2 Å². The number of amides is 2. The number of nitrogens with zero attached hydrogens (tertiary/aromatic N) is 5. The van der Waals surface area contributed by atoms with Gasteiger partial charge in [0.25, 0.3) is 11.6 Å². The quantitative estimate of drug-likeness (QED) is 0.0399.